The van der Waals surface area contributed by atoms with E-state index in [0.29, 0.717) is 34.6 Å². The van der Waals surface area contributed by atoms with Gasteiger partial charge in [0.1, 0.15) is 23.3 Å². The van der Waals surface area contributed by atoms with Crippen molar-refractivity contribution < 1.29 is 8.78 Å². The highest BCUT2D eigenvalue weighted by atomic mass is 32.1. The average molecular weight is 556 g/mol. The first-order chi connectivity index (χ1) is 19.3. The minimum Gasteiger partial charge on any atom is -0.383 e. The number of fused-ring (bicyclic) bond motifs is 2. The summed E-state index contributed by atoms with van der Waals surface area (Å²) in [6, 6.07) is 13.0. The lowest BCUT2D eigenvalue weighted by Crippen LogP contribution is -2.25. The van der Waals surface area contributed by atoms with Gasteiger partial charge in [0, 0.05) is 21.3 Å². The molecule has 40 heavy (non-hydrogen) atoms. The summed E-state index contributed by atoms with van der Waals surface area (Å²) in [6.45, 7) is 4.00. The van der Waals surface area contributed by atoms with Crippen LogP contribution in [0.4, 0.5) is 20.4 Å². The van der Waals surface area contributed by atoms with Gasteiger partial charge in [-0.05, 0) is 66.9 Å². The Kier molecular flexibility index (Phi) is 6.43. The summed E-state index contributed by atoms with van der Waals surface area (Å²) < 4.78 is 28.7. The molecule has 0 saturated carbocycles. The van der Waals surface area contributed by atoms with E-state index in [0.717, 1.165) is 43.9 Å². The van der Waals surface area contributed by atoms with Crippen LogP contribution in [-0.2, 0) is 6.54 Å². The highest BCUT2D eigenvalue weighted by molar-refractivity contribution is 7.15. The number of nitrogens with zero attached hydrogens (tertiary/aromatic N) is 5. The van der Waals surface area contributed by atoms with Gasteiger partial charge in [-0.2, -0.15) is 0 Å². The molecule has 3 N–H and O–H groups in total. The van der Waals surface area contributed by atoms with E-state index < -0.39 is 17.7 Å². The van der Waals surface area contributed by atoms with Crippen LogP contribution in [0.2, 0.25) is 0 Å². The van der Waals surface area contributed by atoms with Gasteiger partial charge >= 0.3 is 0 Å². The van der Waals surface area contributed by atoms with E-state index in [-0.39, 0.29) is 5.56 Å². The minimum absolute atomic E-state index is 0.330. The SMILES string of the molecule is Cc1cnc(NCc2ccc(-c3ccc4ncnc(N)c4c3)s2)c2c(=O)n([C@@H](C)c3ccc(F)c(F)c3)cnc12. The van der Waals surface area contributed by atoms with E-state index in [1.807, 2.05) is 37.3 Å². The molecule has 0 unspecified atom stereocenters. The maximum Gasteiger partial charge on any atom is 0.265 e. The van der Waals surface area contributed by atoms with Gasteiger partial charge < -0.3 is 11.1 Å². The van der Waals surface area contributed by atoms with Crippen molar-refractivity contribution in [2.24, 2.45) is 0 Å². The lowest BCUT2D eigenvalue weighted by atomic mass is 10.1. The molecule has 0 amide bonds. The maximum atomic E-state index is 13.9. The van der Waals surface area contributed by atoms with Crippen molar-refractivity contribution in [1.29, 1.82) is 0 Å². The lowest BCUT2D eigenvalue weighted by molar-refractivity contribution is 0.502. The van der Waals surface area contributed by atoms with Crippen molar-refractivity contribution in [2.75, 3.05) is 11.1 Å². The molecule has 8 nitrogen and oxygen atoms in total. The summed E-state index contributed by atoms with van der Waals surface area (Å²) in [5, 5.41) is 4.42. The fraction of sp³-hybridized carbons (Fsp3) is 0.138. The zero-order valence-corrected chi connectivity index (χ0v) is 22.3. The molecule has 2 aromatic carbocycles. The third-order valence-electron chi connectivity index (χ3n) is 6.88. The van der Waals surface area contributed by atoms with E-state index in [1.165, 1.54) is 23.3 Å². The monoisotopic (exact) mass is 555 g/mol. The molecule has 11 heteroatoms. The van der Waals surface area contributed by atoms with Crippen LogP contribution >= 0.6 is 11.3 Å². The van der Waals surface area contributed by atoms with E-state index in [9.17, 15) is 13.6 Å². The van der Waals surface area contributed by atoms with E-state index in [2.05, 4.69) is 25.3 Å². The van der Waals surface area contributed by atoms with Gasteiger partial charge in [-0.25, -0.2) is 28.7 Å². The van der Waals surface area contributed by atoms with Crippen molar-refractivity contribution in [3.8, 4) is 10.4 Å². The van der Waals surface area contributed by atoms with Crippen LogP contribution in [0.5, 0.6) is 0 Å². The molecule has 6 aromatic rings. The molecule has 200 valence electrons. The maximum absolute atomic E-state index is 13.9. The molecule has 0 radical (unpaired) electrons. The molecule has 0 aliphatic heterocycles. The van der Waals surface area contributed by atoms with Crippen molar-refractivity contribution in [2.45, 2.75) is 26.4 Å². The number of halogens is 2. The van der Waals surface area contributed by atoms with Crippen molar-refractivity contribution in [1.82, 2.24) is 24.5 Å². The van der Waals surface area contributed by atoms with Crippen LogP contribution in [0.15, 0.2) is 72.2 Å². The summed E-state index contributed by atoms with van der Waals surface area (Å²) >= 11 is 1.60. The average Bonchev–Trinajstić information content (AvgIpc) is 3.43. The quantitative estimate of drug-likeness (QED) is 0.265. The highest BCUT2D eigenvalue weighted by Crippen LogP contribution is 2.32. The Labute approximate surface area is 231 Å². The molecule has 4 aromatic heterocycles. The molecule has 4 heterocycles. The Balaban J connectivity index is 1.30. The first-order valence-electron chi connectivity index (χ1n) is 12.4. The van der Waals surface area contributed by atoms with E-state index in [4.69, 9.17) is 5.73 Å². The van der Waals surface area contributed by atoms with Crippen LogP contribution in [0.1, 0.15) is 29.0 Å². The second-order valence-corrected chi connectivity index (χ2v) is 10.6. The highest BCUT2D eigenvalue weighted by Gasteiger charge is 2.18. The van der Waals surface area contributed by atoms with Crippen LogP contribution in [0.3, 0.4) is 0 Å². The number of aromatic nitrogens is 5. The number of thiophene rings is 1. The van der Waals surface area contributed by atoms with Crippen LogP contribution in [0.25, 0.3) is 32.2 Å². The number of nitrogen functional groups attached to an aromatic ring is 1. The molecule has 0 saturated heterocycles. The Morgan fingerprint density at radius 1 is 1.02 bits per heavy atom. The van der Waals surface area contributed by atoms with Crippen molar-refractivity contribution in [3.63, 3.8) is 0 Å². The van der Waals surface area contributed by atoms with Gasteiger partial charge in [-0.1, -0.05) is 12.1 Å². The third kappa shape index (κ3) is 4.54. The van der Waals surface area contributed by atoms with Gasteiger partial charge in [-0.15, -0.1) is 11.3 Å². The van der Waals surface area contributed by atoms with Gasteiger partial charge in [0.2, 0.25) is 0 Å². The number of hydrogen-bond donors (Lipinski definition) is 2. The van der Waals surface area contributed by atoms with E-state index >= 15 is 0 Å². The number of aryl methyl sites for hydroxylation is 1. The van der Waals surface area contributed by atoms with Gasteiger partial charge in [0.05, 0.1) is 29.9 Å². The Hall–Kier alpha value is -4.77. The number of pyridine rings is 1. The predicted molar refractivity (Wildman–Crippen MR) is 153 cm³/mol. The molecule has 0 bridgehead atoms. The molecule has 1 atom stereocenters. The molecule has 0 aliphatic carbocycles. The summed E-state index contributed by atoms with van der Waals surface area (Å²) in [4.78, 5) is 33.1. The fourth-order valence-electron chi connectivity index (χ4n) is 4.64. The Morgan fingerprint density at radius 2 is 1.88 bits per heavy atom. The van der Waals surface area contributed by atoms with Crippen LogP contribution < -0.4 is 16.6 Å². The summed E-state index contributed by atoms with van der Waals surface area (Å²) in [5.41, 5.74) is 9.22. The largest absolute Gasteiger partial charge is 0.383 e. The smallest absolute Gasteiger partial charge is 0.265 e. The number of hydrogen-bond acceptors (Lipinski definition) is 8. The first kappa shape index (κ1) is 25.5. The standard InChI is InChI=1S/C29H23F2N7OS/c1-15-11-33-28(25-26(15)37-14-38(29(25)39)16(2)17-3-6-21(30)22(31)10-17)34-12-19-5-8-24(40-19)18-4-7-23-20(9-18)27(32)36-13-35-23/h3-11,13-14,16H,12H2,1-2H3,(H,33,34)(H2,32,35,36)/t16-/m0/s1. The molecule has 0 fully saturated rings. The number of nitrogens with one attached hydrogen (secondary N) is 1. The second kappa shape index (κ2) is 10.1. The van der Waals surface area contributed by atoms with Gasteiger partial charge in [0.25, 0.3) is 5.56 Å². The number of rotatable bonds is 6. The molecule has 0 aliphatic rings. The zero-order valence-electron chi connectivity index (χ0n) is 21.5. The molecule has 6 rings (SSSR count). The van der Waals surface area contributed by atoms with Gasteiger partial charge in [-0.3, -0.25) is 9.36 Å². The minimum atomic E-state index is -0.971. The number of benzene rings is 2. The Bertz CT molecular complexity index is 1970. The molecule has 0 spiro atoms. The summed E-state index contributed by atoms with van der Waals surface area (Å²) in [7, 11) is 0. The first-order valence-corrected chi connectivity index (χ1v) is 13.3. The summed E-state index contributed by atoms with van der Waals surface area (Å²) in [6.07, 6.45) is 4.55. The van der Waals surface area contributed by atoms with E-state index in [1.54, 1.807) is 24.5 Å². The lowest BCUT2D eigenvalue weighted by Gasteiger charge is -2.17. The summed E-state index contributed by atoms with van der Waals surface area (Å²) in [5.74, 6) is -1.08. The topological polar surface area (TPSA) is 112 Å². The third-order valence-corrected chi connectivity index (χ3v) is 8.01. The zero-order chi connectivity index (χ0) is 28.0. The normalized spacial score (nSPS) is 12.2. The van der Waals surface area contributed by atoms with Gasteiger partial charge in [0.15, 0.2) is 11.6 Å². The van der Waals surface area contributed by atoms with Crippen molar-refractivity contribution >= 4 is 44.8 Å². The predicted octanol–water partition coefficient (Wildman–Crippen LogP) is 5.85. The van der Waals surface area contributed by atoms with Crippen LogP contribution in [-0.4, -0.2) is 24.5 Å². The second-order valence-electron chi connectivity index (χ2n) is 9.43. The number of nitrogens with two attached hydrogens (primary N) is 1. The number of anilines is 2. The van der Waals surface area contributed by atoms with Crippen molar-refractivity contribution in [3.05, 3.63) is 105 Å². The molecular weight excluding hydrogens is 532 g/mol. The fourth-order valence-corrected chi connectivity index (χ4v) is 5.58. The van der Waals surface area contributed by atoms with Crippen LogP contribution in [0, 0.1) is 18.6 Å². The molecular formula is C29H23F2N7OS. The Morgan fingerprint density at radius 3 is 2.70 bits per heavy atom.